The summed E-state index contributed by atoms with van der Waals surface area (Å²) in [6.45, 7) is 6.84. The van der Waals surface area contributed by atoms with Crippen molar-refractivity contribution in [3.8, 4) is 0 Å². The first kappa shape index (κ1) is 27.3. The summed E-state index contributed by atoms with van der Waals surface area (Å²) < 4.78 is 0. The van der Waals surface area contributed by atoms with Crippen molar-refractivity contribution in [1.29, 1.82) is 0 Å². The van der Waals surface area contributed by atoms with Crippen LogP contribution in [-0.4, -0.2) is 63.9 Å². The second-order valence-corrected chi connectivity index (χ2v) is 11.4. The zero-order valence-corrected chi connectivity index (χ0v) is 22.7. The molecule has 2 aromatic carbocycles. The molecule has 0 bridgehead atoms. The van der Waals surface area contributed by atoms with Gasteiger partial charge in [-0.25, -0.2) is 4.79 Å². The Hall–Kier alpha value is -2.77. The minimum atomic E-state index is -0.910. The van der Waals surface area contributed by atoms with E-state index in [9.17, 15) is 19.5 Å². The van der Waals surface area contributed by atoms with Crippen molar-refractivity contribution in [2.45, 2.75) is 39.8 Å². The van der Waals surface area contributed by atoms with E-state index in [1.165, 1.54) is 0 Å². The molecule has 4 rings (SSSR count). The fourth-order valence-corrected chi connectivity index (χ4v) is 6.07. The number of halogens is 2. The lowest BCUT2D eigenvalue weighted by Crippen LogP contribution is -2.53. The van der Waals surface area contributed by atoms with Crippen LogP contribution in [-0.2, 0) is 17.9 Å². The molecule has 3 amide bonds. The number of carbonyl (C=O) groups excluding carboxylic acids is 2. The Balaban J connectivity index is 1.57. The second kappa shape index (κ2) is 11.7. The van der Waals surface area contributed by atoms with Gasteiger partial charge in [0.25, 0.3) is 5.91 Å². The Morgan fingerprint density at radius 2 is 1.54 bits per heavy atom. The SMILES string of the molecule is CC1CC(C)CN(C(=O)c2ccccc2CN2CC(CC(=O)O)CN(Cc3ccc(Cl)cc3Cl)C2=O)C1. The van der Waals surface area contributed by atoms with Gasteiger partial charge in [0, 0.05) is 60.8 Å². The molecule has 2 aliphatic heterocycles. The van der Waals surface area contributed by atoms with Gasteiger partial charge in [-0.2, -0.15) is 0 Å². The number of nitrogens with zero attached hydrogens (tertiary/aromatic N) is 3. The molecule has 0 spiro atoms. The number of carboxylic acid groups (broad SMARTS) is 1. The number of aliphatic carboxylic acids is 1. The molecule has 0 aliphatic carbocycles. The Labute approximate surface area is 227 Å². The van der Waals surface area contributed by atoms with E-state index >= 15 is 0 Å². The summed E-state index contributed by atoms with van der Waals surface area (Å²) in [4.78, 5) is 43.8. The van der Waals surface area contributed by atoms with Crippen molar-refractivity contribution < 1.29 is 19.5 Å². The number of likely N-dealkylation sites (tertiary alicyclic amines) is 1. The fourth-order valence-electron chi connectivity index (χ4n) is 5.60. The van der Waals surface area contributed by atoms with Crippen LogP contribution >= 0.6 is 23.2 Å². The number of hydrogen-bond donors (Lipinski definition) is 1. The summed E-state index contributed by atoms with van der Waals surface area (Å²) >= 11 is 12.4. The molecule has 9 heteroatoms. The van der Waals surface area contributed by atoms with Gasteiger partial charge in [-0.05, 0) is 47.6 Å². The third-order valence-corrected chi connectivity index (χ3v) is 7.69. The highest BCUT2D eigenvalue weighted by Gasteiger charge is 2.34. The molecule has 2 heterocycles. The van der Waals surface area contributed by atoms with Gasteiger partial charge in [0.2, 0.25) is 0 Å². The number of hydrogen-bond acceptors (Lipinski definition) is 3. The molecular formula is C28H33Cl2N3O4. The van der Waals surface area contributed by atoms with Crippen LogP contribution in [0.1, 0.15) is 48.2 Å². The highest BCUT2D eigenvalue weighted by atomic mass is 35.5. The zero-order valence-electron chi connectivity index (χ0n) is 21.2. The summed E-state index contributed by atoms with van der Waals surface area (Å²) in [5, 5.41) is 10.4. The van der Waals surface area contributed by atoms with E-state index in [0.717, 1.165) is 30.6 Å². The Morgan fingerprint density at radius 3 is 2.16 bits per heavy atom. The number of urea groups is 1. The molecule has 2 aliphatic rings. The molecule has 0 aromatic heterocycles. The molecular weight excluding hydrogens is 513 g/mol. The van der Waals surface area contributed by atoms with Crippen LogP contribution < -0.4 is 0 Å². The molecule has 3 unspecified atom stereocenters. The van der Waals surface area contributed by atoms with Crippen molar-refractivity contribution in [3.05, 3.63) is 69.2 Å². The molecule has 2 saturated heterocycles. The van der Waals surface area contributed by atoms with Crippen molar-refractivity contribution in [2.75, 3.05) is 26.2 Å². The van der Waals surface area contributed by atoms with Gasteiger partial charge >= 0.3 is 12.0 Å². The third-order valence-electron chi connectivity index (χ3n) is 7.10. The van der Waals surface area contributed by atoms with Gasteiger partial charge in [-0.3, -0.25) is 9.59 Å². The lowest BCUT2D eigenvalue weighted by atomic mass is 9.91. The van der Waals surface area contributed by atoms with Crippen LogP contribution in [0.4, 0.5) is 4.79 Å². The second-order valence-electron chi connectivity index (χ2n) is 10.6. The molecule has 37 heavy (non-hydrogen) atoms. The number of amides is 3. The first-order valence-electron chi connectivity index (χ1n) is 12.7. The Morgan fingerprint density at radius 1 is 0.919 bits per heavy atom. The maximum atomic E-state index is 13.6. The Kier molecular flexibility index (Phi) is 8.65. The molecule has 3 atom stereocenters. The summed E-state index contributed by atoms with van der Waals surface area (Å²) in [6.07, 6.45) is 1.05. The number of piperidine rings is 1. The van der Waals surface area contributed by atoms with E-state index in [1.807, 2.05) is 29.2 Å². The van der Waals surface area contributed by atoms with Gasteiger partial charge in [-0.1, -0.05) is 61.3 Å². The molecule has 7 nitrogen and oxygen atoms in total. The lowest BCUT2D eigenvalue weighted by Gasteiger charge is -2.40. The summed E-state index contributed by atoms with van der Waals surface area (Å²) in [6, 6.07) is 12.3. The van der Waals surface area contributed by atoms with Gasteiger partial charge in [0.15, 0.2) is 0 Å². The van der Waals surface area contributed by atoms with E-state index in [-0.39, 0.29) is 37.4 Å². The highest BCUT2D eigenvalue weighted by molar-refractivity contribution is 6.35. The van der Waals surface area contributed by atoms with E-state index in [4.69, 9.17) is 23.2 Å². The number of carboxylic acids is 1. The molecule has 1 N–H and O–H groups in total. The van der Waals surface area contributed by atoms with Crippen LogP contribution in [0, 0.1) is 17.8 Å². The summed E-state index contributed by atoms with van der Waals surface area (Å²) in [5.74, 6) is -0.312. The number of benzene rings is 2. The van der Waals surface area contributed by atoms with Crippen LogP contribution in [0.15, 0.2) is 42.5 Å². The number of carbonyl (C=O) groups is 3. The van der Waals surface area contributed by atoms with Gasteiger partial charge in [-0.15, -0.1) is 0 Å². The summed E-state index contributed by atoms with van der Waals surface area (Å²) in [7, 11) is 0. The smallest absolute Gasteiger partial charge is 0.320 e. The van der Waals surface area contributed by atoms with Crippen LogP contribution in [0.25, 0.3) is 0 Å². The maximum Gasteiger partial charge on any atom is 0.320 e. The number of rotatable bonds is 7. The minimum absolute atomic E-state index is 0.0228. The van der Waals surface area contributed by atoms with Crippen LogP contribution in [0.2, 0.25) is 10.0 Å². The topological polar surface area (TPSA) is 81.2 Å². The lowest BCUT2D eigenvalue weighted by molar-refractivity contribution is -0.138. The third kappa shape index (κ3) is 6.76. The monoisotopic (exact) mass is 545 g/mol. The first-order chi connectivity index (χ1) is 17.6. The fraction of sp³-hybridized carbons (Fsp3) is 0.464. The minimum Gasteiger partial charge on any atom is -0.481 e. The predicted molar refractivity (Wildman–Crippen MR) is 144 cm³/mol. The normalized spacial score (nSPS) is 22.3. The van der Waals surface area contributed by atoms with Crippen LogP contribution in [0.3, 0.4) is 0 Å². The predicted octanol–water partition coefficient (Wildman–Crippen LogP) is 5.64. The van der Waals surface area contributed by atoms with Gasteiger partial charge in [0.05, 0.1) is 6.42 Å². The van der Waals surface area contributed by atoms with Crippen LogP contribution in [0.5, 0.6) is 0 Å². The highest BCUT2D eigenvalue weighted by Crippen LogP contribution is 2.28. The van der Waals surface area contributed by atoms with Crippen molar-refractivity contribution in [3.63, 3.8) is 0 Å². The summed E-state index contributed by atoms with van der Waals surface area (Å²) in [5.41, 5.74) is 2.08. The van der Waals surface area contributed by atoms with E-state index in [0.29, 0.717) is 40.5 Å². The van der Waals surface area contributed by atoms with E-state index in [1.54, 1.807) is 28.0 Å². The van der Waals surface area contributed by atoms with E-state index < -0.39 is 5.97 Å². The van der Waals surface area contributed by atoms with E-state index in [2.05, 4.69) is 13.8 Å². The average Bonchev–Trinajstić information content (AvgIpc) is 2.82. The van der Waals surface area contributed by atoms with Gasteiger partial charge < -0.3 is 19.8 Å². The zero-order chi connectivity index (χ0) is 26.7. The molecule has 198 valence electrons. The van der Waals surface area contributed by atoms with Crippen molar-refractivity contribution >= 4 is 41.1 Å². The average molecular weight is 546 g/mol. The Bertz CT molecular complexity index is 1160. The largest absolute Gasteiger partial charge is 0.481 e. The molecule has 2 fully saturated rings. The standard InChI is InChI=1S/C28H33Cl2N3O4/c1-18-9-19(2)13-31(12-18)27(36)24-6-4-3-5-21(24)16-32-14-20(10-26(34)35)15-33(28(32)37)17-22-7-8-23(29)11-25(22)30/h3-8,11,18-20H,9-10,12-17H2,1-2H3,(H,34,35). The quantitative estimate of drug-likeness (QED) is 0.488. The van der Waals surface area contributed by atoms with Gasteiger partial charge in [0.1, 0.15) is 0 Å². The molecule has 0 radical (unpaired) electrons. The van der Waals surface area contributed by atoms with Crippen molar-refractivity contribution in [2.24, 2.45) is 17.8 Å². The molecule has 0 saturated carbocycles. The molecule has 2 aromatic rings. The first-order valence-corrected chi connectivity index (χ1v) is 13.4. The maximum absolute atomic E-state index is 13.6. The van der Waals surface area contributed by atoms with Crippen molar-refractivity contribution in [1.82, 2.24) is 14.7 Å².